The second kappa shape index (κ2) is 12.2. The molecule has 0 aromatic carbocycles. The van der Waals surface area contributed by atoms with Crippen LogP contribution in [0.15, 0.2) is 12.1 Å². The zero-order chi connectivity index (χ0) is 22.9. The van der Waals surface area contributed by atoms with E-state index in [1.807, 2.05) is 13.8 Å². The number of hydrogen-bond donors (Lipinski definition) is 2. The Morgan fingerprint density at radius 2 is 1.94 bits per heavy atom. The Bertz CT molecular complexity index is 762. The van der Waals surface area contributed by atoms with Crippen molar-refractivity contribution in [2.24, 2.45) is 0 Å². The highest BCUT2D eigenvalue weighted by atomic mass is 16.5. The monoisotopic (exact) mass is 447 g/mol. The summed E-state index contributed by atoms with van der Waals surface area (Å²) in [4.78, 5) is 30.6. The van der Waals surface area contributed by atoms with Crippen LogP contribution in [0.25, 0.3) is 0 Å². The van der Waals surface area contributed by atoms with E-state index in [0.717, 1.165) is 37.8 Å². The number of pyridine rings is 1. The van der Waals surface area contributed by atoms with E-state index < -0.39 is 12.0 Å². The summed E-state index contributed by atoms with van der Waals surface area (Å²) in [7, 11) is 0. The zero-order valence-electron chi connectivity index (χ0n) is 19.3. The summed E-state index contributed by atoms with van der Waals surface area (Å²) in [5.74, 6) is -1.05. The number of amides is 2. The lowest BCUT2D eigenvalue weighted by molar-refractivity contribution is -0.139. The van der Waals surface area contributed by atoms with E-state index in [1.165, 1.54) is 24.1 Å². The Morgan fingerprint density at radius 1 is 1.19 bits per heavy atom. The van der Waals surface area contributed by atoms with E-state index in [-0.39, 0.29) is 24.5 Å². The molecule has 178 valence electrons. The summed E-state index contributed by atoms with van der Waals surface area (Å²) in [6.45, 7) is 5.58. The van der Waals surface area contributed by atoms with Crippen LogP contribution in [0, 0.1) is 0 Å². The van der Waals surface area contributed by atoms with E-state index in [2.05, 4.69) is 17.4 Å². The van der Waals surface area contributed by atoms with Crippen molar-refractivity contribution in [3.63, 3.8) is 0 Å². The number of aromatic nitrogens is 1. The normalized spacial score (nSPS) is 21.6. The molecule has 0 saturated carbocycles. The quantitative estimate of drug-likeness (QED) is 0.535. The van der Waals surface area contributed by atoms with Crippen molar-refractivity contribution in [1.82, 2.24) is 15.2 Å². The topological polar surface area (TPSA) is 101 Å². The third kappa shape index (κ3) is 6.90. The van der Waals surface area contributed by atoms with E-state index >= 15 is 0 Å². The lowest BCUT2D eigenvalue weighted by Gasteiger charge is -2.39. The molecule has 2 heterocycles. The first kappa shape index (κ1) is 24.5. The molecule has 1 aliphatic carbocycles. The molecule has 1 aromatic heterocycles. The van der Waals surface area contributed by atoms with Crippen LogP contribution in [0.3, 0.4) is 0 Å². The van der Waals surface area contributed by atoms with Crippen LogP contribution in [-0.4, -0.2) is 71.5 Å². The van der Waals surface area contributed by atoms with Gasteiger partial charge in [-0.3, -0.25) is 4.98 Å². The van der Waals surface area contributed by atoms with Gasteiger partial charge in [-0.15, -0.1) is 0 Å². The van der Waals surface area contributed by atoms with Gasteiger partial charge in [-0.05, 0) is 70.4 Å². The van der Waals surface area contributed by atoms with Crippen LogP contribution in [-0.2, 0) is 33.5 Å². The van der Waals surface area contributed by atoms with E-state index in [9.17, 15) is 14.7 Å². The number of urea groups is 1. The minimum atomic E-state index is -1.05. The number of hydrogen-bond acceptors (Lipinski definition) is 5. The highest BCUT2D eigenvalue weighted by Gasteiger charge is 2.32. The number of rotatable bonds is 10. The van der Waals surface area contributed by atoms with Gasteiger partial charge in [0.15, 0.2) is 0 Å². The molecule has 8 heteroatoms. The number of carbonyl (C=O) groups is 2. The highest BCUT2D eigenvalue weighted by molar-refractivity contribution is 5.83. The smallest absolute Gasteiger partial charge is 0.326 e. The SMILES string of the molecule is CC1COCC(C)N1C(=O)NC(CCOCCCCc1ccc2c(n1)CCCC2)C(=O)O. The molecule has 0 spiro atoms. The van der Waals surface area contributed by atoms with Crippen LogP contribution in [0.1, 0.15) is 62.9 Å². The Labute approximate surface area is 190 Å². The van der Waals surface area contributed by atoms with Gasteiger partial charge in [0.05, 0.1) is 25.3 Å². The van der Waals surface area contributed by atoms with Gasteiger partial charge in [-0.2, -0.15) is 0 Å². The molecule has 2 N–H and O–H groups in total. The molecule has 1 saturated heterocycles. The number of unbranched alkanes of at least 4 members (excludes halogenated alkanes) is 1. The van der Waals surface area contributed by atoms with Crippen molar-refractivity contribution in [1.29, 1.82) is 0 Å². The second-order valence-corrected chi connectivity index (χ2v) is 8.96. The van der Waals surface area contributed by atoms with Crippen LogP contribution in [0.4, 0.5) is 4.79 Å². The minimum absolute atomic E-state index is 0.0888. The molecule has 0 radical (unpaired) electrons. The molecule has 0 bridgehead atoms. The standard InChI is InChI=1S/C24H37N3O5/c1-17-15-32-16-18(2)27(17)24(30)26-22(23(28)29)12-14-31-13-6-5-8-20-11-10-19-7-3-4-9-21(19)25-20/h10-11,17-18,22H,3-9,12-16H2,1-2H3,(H,26,30)(H,28,29). The number of nitrogens with one attached hydrogen (secondary N) is 1. The maximum atomic E-state index is 12.6. The number of morpholine rings is 1. The summed E-state index contributed by atoms with van der Waals surface area (Å²) < 4.78 is 11.1. The zero-order valence-corrected chi connectivity index (χ0v) is 19.3. The van der Waals surface area contributed by atoms with Gasteiger partial charge in [-0.25, -0.2) is 9.59 Å². The fraction of sp³-hybridized carbons (Fsp3) is 0.708. The van der Waals surface area contributed by atoms with Gasteiger partial charge in [-0.1, -0.05) is 6.07 Å². The molecule has 1 fully saturated rings. The second-order valence-electron chi connectivity index (χ2n) is 8.96. The number of fused-ring (bicyclic) bond motifs is 1. The Hall–Kier alpha value is -2.19. The van der Waals surface area contributed by atoms with Gasteiger partial charge in [0.1, 0.15) is 6.04 Å². The minimum Gasteiger partial charge on any atom is -0.480 e. The largest absolute Gasteiger partial charge is 0.480 e. The number of nitrogens with zero attached hydrogens (tertiary/aromatic N) is 2. The maximum absolute atomic E-state index is 12.6. The summed E-state index contributed by atoms with van der Waals surface area (Å²) in [6.07, 6.45) is 7.79. The fourth-order valence-corrected chi connectivity index (χ4v) is 4.47. The van der Waals surface area contributed by atoms with Crippen molar-refractivity contribution in [2.75, 3.05) is 26.4 Å². The number of aryl methyl sites for hydroxylation is 3. The molecule has 3 unspecified atom stereocenters. The van der Waals surface area contributed by atoms with Crippen molar-refractivity contribution in [2.45, 2.75) is 83.3 Å². The first-order valence-corrected chi connectivity index (χ1v) is 11.9. The molecular formula is C24H37N3O5. The average Bonchev–Trinajstić information content (AvgIpc) is 2.77. The Morgan fingerprint density at radius 3 is 2.69 bits per heavy atom. The van der Waals surface area contributed by atoms with Gasteiger partial charge < -0.3 is 24.8 Å². The third-order valence-corrected chi connectivity index (χ3v) is 6.26. The Kier molecular flexibility index (Phi) is 9.29. The fourth-order valence-electron chi connectivity index (χ4n) is 4.47. The number of aliphatic carboxylic acids is 1. The van der Waals surface area contributed by atoms with Gasteiger partial charge in [0.2, 0.25) is 0 Å². The lowest BCUT2D eigenvalue weighted by Crippen LogP contribution is -2.58. The van der Waals surface area contributed by atoms with E-state index in [0.29, 0.717) is 26.4 Å². The van der Waals surface area contributed by atoms with Crippen LogP contribution in [0.2, 0.25) is 0 Å². The number of carboxylic acid groups (broad SMARTS) is 1. The van der Waals surface area contributed by atoms with Crippen LogP contribution < -0.4 is 5.32 Å². The van der Waals surface area contributed by atoms with Gasteiger partial charge >= 0.3 is 12.0 Å². The predicted molar refractivity (Wildman–Crippen MR) is 121 cm³/mol. The third-order valence-electron chi connectivity index (χ3n) is 6.26. The molecule has 1 aliphatic heterocycles. The van der Waals surface area contributed by atoms with Crippen LogP contribution >= 0.6 is 0 Å². The van der Waals surface area contributed by atoms with E-state index in [1.54, 1.807) is 4.90 Å². The predicted octanol–water partition coefficient (Wildman–Crippen LogP) is 2.96. The van der Waals surface area contributed by atoms with E-state index in [4.69, 9.17) is 14.5 Å². The Balaban J connectivity index is 1.32. The summed E-state index contributed by atoms with van der Waals surface area (Å²) in [6, 6.07) is 2.86. The first-order chi connectivity index (χ1) is 15.5. The summed E-state index contributed by atoms with van der Waals surface area (Å²) >= 11 is 0. The van der Waals surface area contributed by atoms with Crippen molar-refractivity contribution in [3.05, 3.63) is 29.1 Å². The number of ether oxygens (including phenoxy) is 2. The molecule has 2 aliphatic rings. The van der Waals surface area contributed by atoms with Crippen molar-refractivity contribution >= 4 is 12.0 Å². The molecule has 3 atom stereocenters. The average molecular weight is 448 g/mol. The summed E-state index contributed by atoms with van der Waals surface area (Å²) in [5.41, 5.74) is 3.82. The van der Waals surface area contributed by atoms with Crippen molar-refractivity contribution < 1.29 is 24.2 Å². The molecule has 32 heavy (non-hydrogen) atoms. The number of carbonyl (C=O) groups excluding carboxylic acids is 1. The van der Waals surface area contributed by atoms with Crippen molar-refractivity contribution in [3.8, 4) is 0 Å². The summed E-state index contributed by atoms with van der Waals surface area (Å²) in [5, 5.41) is 12.1. The van der Waals surface area contributed by atoms with Gasteiger partial charge in [0, 0.05) is 31.0 Å². The molecule has 1 aromatic rings. The van der Waals surface area contributed by atoms with Gasteiger partial charge in [0.25, 0.3) is 0 Å². The highest BCUT2D eigenvalue weighted by Crippen LogP contribution is 2.20. The number of carboxylic acids is 1. The molecular weight excluding hydrogens is 410 g/mol. The van der Waals surface area contributed by atoms with Crippen LogP contribution in [0.5, 0.6) is 0 Å². The molecule has 8 nitrogen and oxygen atoms in total. The molecule has 3 rings (SSSR count). The first-order valence-electron chi connectivity index (χ1n) is 11.9. The molecule has 2 amide bonds. The lowest BCUT2D eigenvalue weighted by atomic mass is 9.95. The maximum Gasteiger partial charge on any atom is 0.326 e.